The van der Waals surface area contributed by atoms with Crippen LogP contribution in [0.15, 0.2) is 42.7 Å². The summed E-state index contributed by atoms with van der Waals surface area (Å²) in [7, 11) is 0. The molecule has 0 amide bonds. The molecule has 0 unspecified atom stereocenters. The molecule has 18 heavy (non-hydrogen) atoms. The van der Waals surface area contributed by atoms with Crippen LogP contribution >= 0.6 is 0 Å². The van der Waals surface area contributed by atoms with Crippen molar-refractivity contribution in [3.63, 3.8) is 0 Å². The zero-order valence-electron chi connectivity index (χ0n) is 10.8. The first-order chi connectivity index (χ1) is 8.88. The summed E-state index contributed by atoms with van der Waals surface area (Å²) in [4.78, 5) is 8.39. The maximum atomic E-state index is 4.21. The van der Waals surface area contributed by atoms with Crippen LogP contribution < -0.4 is 5.32 Å². The molecule has 0 saturated heterocycles. The molecular weight excluding hydrogens is 222 g/mol. The fourth-order valence-electron chi connectivity index (χ4n) is 1.84. The standard InChI is InChI=1S/C15H19N3/c1-2-14-11-15(18-12-17-14)16-10-6-9-13-7-4-3-5-8-13/h3-5,7-8,11-12H,2,6,9-10H2,1H3,(H,16,17,18). The molecule has 3 nitrogen and oxygen atoms in total. The highest BCUT2D eigenvalue weighted by atomic mass is 15.0. The van der Waals surface area contributed by atoms with Gasteiger partial charge in [-0.1, -0.05) is 37.3 Å². The topological polar surface area (TPSA) is 37.8 Å². The number of rotatable bonds is 6. The zero-order chi connectivity index (χ0) is 12.6. The van der Waals surface area contributed by atoms with E-state index in [9.17, 15) is 0 Å². The van der Waals surface area contributed by atoms with E-state index in [1.807, 2.05) is 6.07 Å². The van der Waals surface area contributed by atoms with Gasteiger partial charge in [-0.05, 0) is 24.8 Å². The largest absolute Gasteiger partial charge is 0.370 e. The third-order valence-electron chi connectivity index (χ3n) is 2.88. The van der Waals surface area contributed by atoms with Crippen molar-refractivity contribution in [2.75, 3.05) is 11.9 Å². The Labute approximate surface area is 108 Å². The number of nitrogens with zero attached hydrogens (tertiary/aromatic N) is 2. The number of nitrogens with one attached hydrogen (secondary N) is 1. The first-order valence-corrected chi connectivity index (χ1v) is 6.47. The Balaban J connectivity index is 1.75. The maximum Gasteiger partial charge on any atom is 0.129 e. The van der Waals surface area contributed by atoms with Crippen LogP contribution in [0.4, 0.5) is 5.82 Å². The molecule has 2 rings (SSSR count). The number of benzene rings is 1. The second-order valence-corrected chi connectivity index (χ2v) is 4.26. The number of anilines is 1. The molecule has 94 valence electrons. The van der Waals surface area contributed by atoms with Gasteiger partial charge < -0.3 is 5.32 Å². The first-order valence-electron chi connectivity index (χ1n) is 6.47. The molecule has 1 heterocycles. The van der Waals surface area contributed by atoms with Gasteiger partial charge in [0.25, 0.3) is 0 Å². The van der Waals surface area contributed by atoms with E-state index in [1.54, 1.807) is 6.33 Å². The highest BCUT2D eigenvalue weighted by Crippen LogP contribution is 2.06. The van der Waals surface area contributed by atoms with Crippen molar-refractivity contribution in [1.29, 1.82) is 0 Å². The van der Waals surface area contributed by atoms with Crippen LogP contribution in [0.2, 0.25) is 0 Å². The van der Waals surface area contributed by atoms with Crippen LogP contribution in [0.25, 0.3) is 0 Å². The molecule has 0 aliphatic carbocycles. The molecule has 0 atom stereocenters. The minimum Gasteiger partial charge on any atom is -0.370 e. The lowest BCUT2D eigenvalue weighted by Crippen LogP contribution is -2.05. The van der Waals surface area contributed by atoms with Gasteiger partial charge in [-0.15, -0.1) is 0 Å². The molecule has 2 aromatic rings. The third kappa shape index (κ3) is 3.84. The average Bonchev–Trinajstić information content (AvgIpc) is 2.45. The summed E-state index contributed by atoms with van der Waals surface area (Å²) < 4.78 is 0. The van der Waals surface area contributed by atoms with E-state index < -0.39 is 0 Å². The normalized spacial score (nSPS) is 10.3. The maximum absolute atomic E-state index is 4.21. The number of hydrogen-bond donors (Lipinski definition) is 1. The van der Waals surface area contributed by atoms with Crippen molar-refractivity contribution in [2.45, 2.75) is 26.2 Å². The molecule has 0 saturated carbocycles. The van der Waals surface area contributed by atoms with Crippen molar-refractivity contribution in [2.24, 2.45) is 0 Å². The van der Waals surface area contributed by atoms with Crippen LogP contribution in [0.5, 0.6) is 0 Å². The summed E-state index contributed by atoms with van der Waals surface area (Å²) >= 11 is 0. The van der Waals surface area contributed by atoms with E-state index in [-0.39, 0.29) is 0 Å². The number of hydrogen-bond acceptors (Lipinski definition) is 3. The molecule has 3 heteroatoms. The van der Waals surface area contributed by atoms with Gasteiger partial charge in [0.1, 0.15) is 12.1 Å². The van der Waals surface area contributed by atoms with Crippen LogP contribution in [0.3, 0.4) is 0 Å². The highest BCUT2D eigenvalue weighted by Gasteiger charge is 1.97. The van der Waals surface area contributed by atoms with Gasteiger partial charge in [0, 0.05) is 18.3 Å². The summed E-state index contributed by atoms with van der Waals surface area (Å²) in [6, 6.07) is 12.6. The van der Waals surface area contributed by atoms with E-state index in [4.69, 9.17) is 0 Å². The second-order valence-electron chi connectivity index (χ2n) is 4.26. The number of aromatic nitrogens is 2. The zero-order valence-corrected chi connectivity index (χ0v) is 10.8. The van der Waals surface area contributed by atoms with Crippen molar-refractivity contribution in [1.82, 2.24) is 9.97 Å². The van der Waals surface area contributed by atoms with E-state index in [1.165, 1.54) is 5.56 Å². The highest BCUT2D eigenvalue weighted by molar-refractivity contribution is 5.34. The van der Waals surface area contributed by atoms with Gasteiger partial charge in [0.05, 0.1) is 0 Å². The molecule has 0 aliphatic heterocycles. The van der Waals surface area contributed by atoms with Crippen LogP contribution in [-0.2, 0) is 12.8 Å². The Morgan fingerprint density at radius 3 is 2.72 bits per heavy atom. The quantitative estimate of drug-likeness (QED) is 0.790. The van der Waals surface area contributed by atoms with E-state index in [0.717, 1.165) is 37.3 Å². The van der Waals surface area contributed by atoms with Gasteiger partial charge in [-0.2, -0.15) is 0 Å². The number of aryl methyl sites for hydroxylation is 2. The molecule has 0 spiro atoms. The van der Waals surface area contributed by atoms with Gasteiger partial charge in [0.15, 0.2) is 0 Å². The minimum absolute atomic E-state index is 0.926. The van der Waals surface area contributed by atoms with E-state index in [0.29, 0.717) is 0 Å². The molecule has 1 aromatic carbocycles. The SMILES string of the molecule is CCc1cc(NCCCc2ccccc2)ncn1. The van der Waals surface area contributed by atoms with Crippen LogP contribution in [-0.4, -0.2) is 16.5 Å². The molecule has 0 bridgehead atoms. The Bertz CT molecular complexity index is 468. The van der Waals surface area contributed by atoms with Crippen LogP contribution in [0.1, 0.15) is 24.6 Å². The Kier molecular flexibility index (Phi) is 4.70. The molecule has 0 radical (unpaired) electrons. The predicted octanol–water partition coefficient (Wildman–Crippen LogP) is 3.08. The van der Waals surface area contributed by atoms with Crippen molar-refractivity contribution in [3.8, 4) is 0 Å². The molecule has 1 N–H and O–H groups in total. The molecule has 0 fully saturated rings. The van der Waals surface area contributed by atoms with Gasteiger partial charge >= 0.3 is 0 Å². The summed E-state index contributed by atoms with van der Waals surface area (Å²) in [5.41, 5.74) is 2.46. The molecule has 0 aliphatic rings. The average molecular weight is 241 g/mol. The summed E-state index contributed by atoms with van der Waals surface area (Å²) in [6.45, 7) is 3.04. The first kappa shape index (κ1) is 12.6. The Morgan fingerprint density at radius 1 is 1.11 bits per heavy atom. The van der Waals surface area contributed by atoms with Crippen LogP contribution in [0, 0.1) is 0 Å². The molecule has 1 aromatic heterocycles. The summed E-state index contributed by atoms with van der Waals surface area (Å²) in [5, 5.41) is 3.34. The van der Waals surface area contributed by atoms with E-state index >= 15 is 0 Å². The molecular formula is C15H19N3. The predicted molar refractivity (Wildman–Crippen MR) is 74.7 cm³/mol. The van der Waals surface area contributed by atoms with Crippen molar-refractivity contribution < 1.29 is 0 Å². The minimum atomic E-state index is 0.926. The van der Waals surface area contributed by atoms with Gasteiger partial charge in [-0.3, -0.25) is 0 Å². The van der Waals surface area contributed by atoms with Crippen molar-refractivity contribution >= 4 is 5.82 Å². The lowest BCUT2D eigenvalue weighted by atomic mass is 10.1. The Hall–Kier alpha value is -1.90. The third-order valence-corrected chi connectivity index (χ3v) is 2.88. The fraction of sp³-hybridized carbons (Fsp3) is 0.333. The monoisotopic (exact) mass is 241 g/mol. The fourth-order valence-corrected chi connectivity index (χ4v) is 1.84. The lowest BCUT2D eigenvalue weighted by molar-refractivity contribution is 0.856. The van der Waals surface area contributed by atoms with Crippen molar-refractivity contribution in [3.05, 3.63) is 54.0 Å². The second kappa shape index (κ2) is 6.74. The van der Waals surface area contributed by atoms with E-state index in [2.05, 4.69) is 52.5 Å². The smallest absolute Gasteiger partial charge is 0.129 e. The van der Waals surface area contributed by atoms with Gasteiger partial charge in [-0.25, -0.2) is 9.97 Å². The summed E-state index contributed by atoms with van der Waals surface area (Å²) in [6.07, 6.45) is 4.77. The Morgan fingerprint density at radius 2 is 1.94 bits per heavy atom. The lowest BCUT2D eigenvalue weighted by Gasteiger charge is -2.06. The summed E-state index contributed by atoms with van der Waals surface area (Å²) in [5.74, 6) is 0.926. The van der Waals surface area contributed by atoms with Gasteiger partial charge in [0.2, 0.25) is 0 Å².